The first-order valence-corrected chi connectivity index (χ1v) is 7.75. The van der Waals surface area contributed by atoms with Gasteiger partial charge in [-0.1, -0.05) is 28.9 Å². The van der Waals surface area contributed by atoms with Gasteiger partial charge in [-0.3, -0.25) is 10.00 Å². The van der Waals surface area contributed by atoms with E-state index in [1.165, 1.54) is 0 Å². The van der Waals surface area contributed by atoms with E-state index in [0.717, 1.165) is 22.8 Å². The highest BCUT2D eigenvalue weighted by Gasteiger charge is 2.19. The lowest BCUT2D eigenvalue weighted by molar-refractivity contribution is 0.200. The summed E-state index contributed by atoms with van der Waals surface area (Å²) >= 11 is 5.89. The van der Waals surface area contributed by atoms with Crippen LogP contribution < -0.4 is 0 Å². The molecule has 1 unspecified atom stereocenters. The molecule has 2 heterocycles. The Morgan fingerprint density at radius 3 is 2.74 bits per heavy atom. The van der Waals surface area contributed by atoms with E-state index in [9.17, 15) is 0 Å². The SMILES string of the molecule is CC(c1nc(Cc2ccc(Cl)cc2)no1)N(C)Cc1ccn[nH]1. The maximum atomic E-state index is 5.89. The zero-order valence-electron chi connectivity index (χ0n) is 13.0. The topological polar surface area (TPSA) is 70.8 Å². The van der Waals surface area contributed by atoms with Crippen molar-refractivity contribution in [3.63, 3.8) is 0 Å². The van der Waals surface area contributed by atoms with Gasteiger partial charge in [-0.2, -0.15) is 10.1 Å². The van der Waals surface area contributed by atoms with Crippen molar-refractivity contribution < 1.29 is 4.52 Å². The molecule has 6 nitrogen and oxygen atoms in total. The highest BCUT2D eigenvalue weighted by Crippen LogP contribution is 2.19. The van der Waals surface area contributed by atoms with E-state index in [1.807, 2.05) is 44.3 Å². The van der Waals surface area contributed by atoms with Gasteiger partial charge in [-0.25, -0.2) is 0 Å². The van der Waals surface area contributed by atoms with Gasteiger partial charge in [-0.05, 0) is 37.7 Å². The number of hydrogen-bond acceptors (Lipinski definition) is 5. The maximum Gasteiger partial charge on any atom is 0.243 e. The fraction of sp³-hybridized carbons (Fsp3) is 0.312. The molecule has 1 aromatic carbocycles. The van der Waals surface area contributed by atoms with Gasteiger partial charge in [0.15, 0.2) is 5.82 Å². The first-order chi connectivity index (χ1) is 11.1. The summed E-state index contributed by atoms with van der Waals surface area (Å²) in [4.78, 5) is 6.62. The number of aromatic nitrogens is 4. The molecule has 0 spiro atoms. The van der Waals surface area contributed by atoms with E-state index in [4.69, 9.17) is 16.1 Å². The predicted octanol–water partition coefficient (Wildman–Crippen LogP) is 3.23. The highest BCUT2D eigenvalue weighted by atomic mass is 35.5. The molecule has 1 atom stereocenters. The normalized spacial score (nSPS) is 12.7. The van der Waals surface area contributed by atoms with E-state index >= 15 is 0 Å². The van der Waals surface area contributed by atoms with Gasteiger partial charge < -0.3 is 4.52 Å². The summed E-state index contributed by atoms with van der Waals surface area (Å²) in [6.45, 7) is 2.77. The number of halogens is 1. The van der Waals surface area contributed by atoms with Gasteiger partial charge >= 0.3 is 0 Å². The quantitative estimate of drug-likeness (QED) is 0.751. The minimum absolute atomic E-state index is 0.0183. The Kier molecular flexibility index (Phi) is 4.73. The zero-order chi connectivity index (χ0) is 16.2. The maximum absolute atomic E-state index is 5.89. The molecule has 0 aliphatic heterocycles. The first-order valence-electron chi connectivity index (χ1n) is 7.37. The number of nitrogens with zero attached hydrogens (tertiary/aromatic N) is 4. The van der Waals surface area contributed by atoms with E-state index in [2.05, 4.69) is 25.2 Å². The second-order valence-electron chi connectivity index (χ2n) is 5.53. The lowest BCUT2D eigenvalue weighted by Gasteiger charge is -2.20. The number of rotatable bonds is 6. The summed E-state index contributed by atoms with van der Waals surface area (Å²) < 4.78 is 5.41. The summed E-state index contributed by atoms with van der Waals surface area (Å²) in [6.07, 6.45) is 2.36. The van der Waals surface area contributed by atoms with Crippen molar-refractivity contribution in [3.8, 4) is 0 Å². The van der Waals surface area contributed by atoms with Crippen LogP contribution in [0.4, 0.5) is 0 Å². The molecule has 0 fully saturated rings. The van der Waals surface area contributed by atoms with Crippen LogP contribution in [0.25, 0.3) is 0 Å². The molecule has 0 saturated heterocycles. The number of H-pyrrole nitrogens is 1. The summed E-state index contributed by atoms with van der Waals surface area (Å²) in [6, 6.07) is 9.61. The van der Waals surface area contributed by atoms with Crippen molar-refractivity contribution in [2.24, 2.45) is 0 Å². The van der Waals surface area contributed by atoms with Gasteiger partial charge in [0, 0.05) is 29.9 Å². The molecule has 0 bridgehead atoms. The smallest absolute Gasteiger partial charge is 0.243 e. The van der Waals surface area contributed by atoms with Crippen molar-refractivity contribution >= 4 is 11.6 Å². The lowest BCUT2D eigenvalue weighted by atomic mass is 10.1. The Morgan fingerprint density at radius 1 is 1.26 bits per heavy atom. The molecular formula is C16H18ClN5O. The Morgan fingerprint density at radius 2 is 2.04 bits per heavy atom. The van der Waals surface area contributed by atoms with Crippen molar-refractivity contribution in [1.29, 1.82) is 0 Å². The van der Waals surface area contributed by atoms with Gasteiger partial charge in [-0.15, -0.1) is 0 Å². The second kappa shape index (κ2) is 6.93. The third-order valence-corrected chi connectivity index (χ3v) is 4.01. The van der Waals surface area contributed by atoms with Gasteiger partial charge in [0.1, 0.15) is 0 Å². The number of hydrogen-bond donors (Lipinski definition) is 1. The van der Waals surface area contributed by atoms with Crippen molar-refractivity contribution in [1.82, 2.24) is 25.2 Å². The zero-order valence-corrected chi connectivity index (χ0v) is 13.8. The molecule has 3 aromatic rings. The second-order valence-corrected chi connectivity index (χ2v) is 5.96. The van der Waals surface area contributed by atoms with E-state index in [1.54, 1.807) is 6.20 Å². The van der Waals surface area contributed by atoms with Crippen LogP contribution in [0, 0.1) is 0 Å². The lowest BCUT2D eigenvalue weighted by Crippen LogP contribution is -2.22. The first kappa shape index (κ1) is 15.7. The summed E-state index contributed by atoms with van der Waals surface area (Å²) in [5, 5.41) is 11.7. The van der Waals surface area contributed by atoms with Crippen LogP contribution in [0.15, 0.2) is 41.1 Å². The van der Waals surface area contributed by atoms with Gasteiger partial charge in [0.25, 0.3) is 0 Å². The number of benzene rings is 1. The van der Waals surface area contributed by atoms with E-state index in [-0.39, 0.29) is 6.04 Å². The third-order valence-electron chi connectivity index (χ3n) is 3.76. The average molecular weight is 332 g/mol. The molecule has 7 heteroatoms. The van der Waals surface area contributed by atoms with Crippen LogP contribution in [-0.4, -0.2) is 32.3 Å². The van der Waals surface area contributed by atoms with Crippen LogP contribution >= 0.6 is 11.6 Å². The van der Waals surface area contributed by atoms with Gasteiger partial charge in [0.05, 0.1) is 6.04 Å². The standard InChI is InChI=1S/C16H18ClN5O/c1-11(22(2)10-14-7-8-18-20-14)16-19-15(21-23-16)9-12-3-5-13(17)6-4-12/h3-8,11H,9-10H2,1-2H3,(H,18,20). The van der Waals surface area contributed by atoms with Crippen LogP contribution in [0.3, 0.4) is 0 Å². The fourth-order valence-electron chi connectivity index (χ4n) is 2.26. The Bertz CT molecular complexity index is 738. The van der Waals surface area contributed by atoms with Crippen molar-refractivity contribution in [2.75, 3.05) is 7.05 Å². The monoisotopic (exact) mass is 331 g/mol. The third kappa shape index (κ3) is 3.97. The Balaban J connectivity index is 1.64. The molecule has 23 heavy (non-hydrogen) atoms. The molecule has 0 amide bonds. The van der Waals surface area contributed by atoms with Crippen LogP contribution in [0.5, 0.6) is 0 Å². The minimum Gasteiger partial charge on any atom is -0.338 e. The minimum atomic E-state index is 0.0183. The van der Waals surface area contributed by atoms with Gasteiger partial charge in [0.2, 0.25) is 5.89 Å². The molecule has 0 aliphatic carbocycles. The van der Waals surface area contributed by atoms with E-state index < -0.39 is 0 Å². The number of aromatic amines is 1. The molecule has 0 radical (unpaired) electrons. The Hall–Kier alpha value is -2.18. The molecule has 0 saturated carbocycles. The predicted molar refractivity (Wildman–Crippen MR) is 87.0 cm³/mol. The molecule has 1 N–H and O–H groups in total. The summed E-state index contributed by atoms with van der Waals surface area (Å²) in [7, 11) is 2.01. The van der Waals surface area contributed by atoms with E-state index in [0.29, 0.717) is 18.1 Å². The van der Waals surface area contributed by atoms with Crippen LogP contribution in [0.1, 0.15) is 35.9 Å². The summed E-state index contributed by atoms with van der Waals surface area (Å²) in [5.41, 5.74) is 2.14. The average Bonchev–Trinajstić information content (AvgIpc) is 3.20. The largest absolute Gasteiger partial charge is 0.338 e. The summed E-state index contributed by atoms with van der Waals surface area (Å²) in [5.74, 6) is 1.28. The molecular weight excluding hydrogens is 314 g/mol. The van der Waals surface area contributed by atoms with Crippen LogP contribution in [-0.2, 0) is 13.0 Å². The number of nitrogens with one attached hydrogen (secondary N) is 1. The molecule has 3 rings (SSSR count). The molecule has 120 valence electrons. The highest BCUT2D eigenvalue weighted by molar-refractivity contribution is 6.30. The molecule has 2 aromatic heterocycles. The van der Waals surface area contributed by atoms with Crippen LogP contribution in [0.2, 0.25) is 5.02 Å². The van der Waals surface area contributed by atoms with Crippen molar-refractivity contribution in [2.45, 2.75) is 25.9 Å². The molecule has 0 aliphatic rings. The van der Waals surface area contributed by atoms with Crippen molar-refractivity contribution in [3.05, 3.63) is 64.5 Å². The fourth-order valence-corrected chi connectivity index (χ4v) is 2.39. The Labute approximate surface area is 139 Å².